The van der Waals surface area contributed by atoms with Gasteiger partial charge in [0, 0.05) is 31.6 Å². The van der Waals surface area contributed by atoms with E-state index >= 15 is 0 Å². The van der Waals surface area contributed by atoms with Crippen molar-refractivity contribution in [2.45, 2.75) is 56.5 Å². The van der Waals surface area contributed by atoms with Gasteiger partial charge in [0.05, 0.1) is 25.8 Å². The van der Waals surface area contributed by atoms with Gasteiger partial charge in [0.15, 0.2) is 23.0 Å². The summed E-state index contributed by atoms with van der Waals surface area (Å²) < 4.78 is 24.0. The van der Waals surface area contributed by atoms with Crippen LogP contribution < -0.4 is 18.9 Å². The molecule has 46 heavy (non-hydrogen) atoms. The summed E-state index contributed by atoms with van der Waals surface area (Å²) >= 11 is 3.83. The zero-order valence-corrected chi connectivity index (χ0v) is 28.8. The second-order valence-electron chi connectivity index (χ2n) is 12.6. The zero-order chi connectivity index (χ0) is 32.6. The second-order valence-corrected chi connectivity index (χ2v) is 13.4. The van der Waals surface area contributed by atoms with Crippen LogP contribution in [0.4, 0.5) is 0 Å². The summed E-state index contributed by atoms with van der Waals surface area (Å²) in [5, 5.41) is 21.8. The van der Waals surface area contributed by atoms with Crippen molar-refractivity contribution in [1.82, 2.24) is 9.80 Å². The molecule has 3 aromatic carbocycles. The molecule has 3 aromatic rings. The first-order valence-corrected chi connectivity index (χ1v) is 16.5. The number of fused-ring (bicyclic) bond motifs is 2. The fraction of sp³-hybridized carbons (Fsp3) is 0.405. The van der Waals surface area contributed by atoms with E-state index in [2.05, 4.69) is 58.0 Å². The Kier molecular flexibility index (Phi) is 9.39. The van der Waals surface area contributed by atoms with E-state index in [0.29, 0.717) is 36.1 Å². The number of halogens is 1. The molecular weight excluding hydrogens is 648 g/mol. The summed E-state index contributed by atoms with van der Waals surface area (Å²) in [5.41, 5.74) is 6.94. The van der Waals surface area contributed by atoms with Gasteiger partial charge in [-0.3, -0.25) is 9.80 Å². The van der Waals surface area contributed by atoms with Crippen molar-refractivity contribution in [3.8, 4) is 28.7 Å². The van der Waals surface area contributed by atoms with E-state index in [9.17, 15) is 10.2 Å². The quantitative estimate of drug-likeness (QED) is 0.251. The van der Waals surface area contributed by atoms with Gasteiger partial charge in [-0.15, -0.1) is 0 Å². The van der Waals surface area contributed by atoms with E-state index in [1.54, 1.807) is 27.4 Å². The molecular formula is C37H43BrN2O6. The molecule has 0 spiro atoms. The average molecular weight is 692 g/mol. The van der Waals surface area contributed by atoms with Crippen molar-refractivity contribution >= 4 is 15.9 Å². The predicted molar refractivity (Wildman–Crippen MR) is 182 cm³/mol. The van der Waals surface area contributed by atoms with Crippen LogP contribution in [-0.4, -0.2) is 73.8 Å². The Bertz CT molecular complexity index is 1670. The standard InChI is InChI=1S/C37H43BrN2O6/c1-39-15-12-25-20-33(44-4)36(45-5)35(38)34(25)29(39)18-24-8-6-7-9-31(24)46-37(42)13-10-23(11-14-37)16-28-17-26-21-32(43-3)30(41)19-27(26)22-40(28)2/h6-11,13,19-21,28-29,41-42H,12,14-18,22H2,1-5H3/t28?,29-,37?/m1/s1. The number of aliphatic hydroxyl groups is 1. The molecule has 1 aliphatic carbocycles. The Morgan fingerprint density at radius 2 is 1.67 bits per heavy atom. The molecule has 244 valence electrons. The molecule has 2 unspecified atom stereocenters. The van der Waals surface area contributed by atoms with Gasteiger partial charge in [-0.25, -0.2) is 0 Å². The van der Waals surface area contributed by atoms with Crippen LogP contribution in [0, 0.1) is 0 Å². The first kappa shape index (κ1) is 32.4. The molecule has 0 amide bonds. The number of aromatic hydroxyl groups is 1. The molecule has 2 N–H and O–H groups in total. The maximum absolute atomic E-state index is 11.6. The van der Waals surface area contributed by atoms with Crippen LogP contribution in [0.5, 0.6) is 28.7 Å². The van der Waals surface area contributed by atoms with Crippen LogP contribution in [-0.2, 0) is 25.8 Å². The van der Waals surface area contributed by atoms with Crippen LogP contribution >= 0.6 is 15.9 Å². The average Bonchev–Trinajstić information content (AvgIpc) is 3.04. The molecule has 9 heteroatoms. The van der Waals surface area contributed by atoms with Gasteiger partial charge in [-0.1, -0.05) is 35.9 Å². The molecule has 3 atom stereocenters. The molecule has 2 aliphatic heterocycles. The van der Waals surface area contributed by atoms with Crippen LogP contribution in [0.1, 0.15) is 46.7 Å². The van der Waals surface area contributed by atoms with E-state index in [1.165, 1.54) is 22.3 Å². The molecule has 0 saturated carbocycles. The topological polar surface area (TPSA) is 83.9 Å². The minimum atomic E-state index is -1.44. The Labute approximate surface area is 280 Å². The summed E-state index contributed by atoms with van der Waals surface area (Å²) in [4.78, 5) is 4.68. The Morgan fingerprint density at radius 1 is 0.913 bits per heavy atom. The molecule has 0 fully saturated rings. The van der Waals surface area contributed by atoms with Gasteiger partial charge < -0.3 is 29.2 Å². The summed E-state index contributed by atoms with van der Waals surface area (Å²) in [7, 11) is 9.17. The number of phenolic OH excluding ortho intramolecular Hbond substituents is 1. The molecule has 3 aliphatic rings. The minimum absolute atomic E-state index is 0.0762. The SMILES string of the molecule is COc1cc2c(cc1O)CN(C)C(CC1=CCC(O)(Oc3ccccc3C[C@@H]3c4c(cc(OC)c(OC)c4Br)CCN3C)C=C1)C2. The van der Waals surface area contributed by atoms with Crippen LogP contribution in [0.25, 0.3) is 0 Å². The first-order valence-electron chi connectivity index (χ1n) is 15.7. The van der Waals surface area contributed by atoms with Crippen LogP contribution in [0.15, 0.2) is 70.7 Å². The number of ether oxygens (including phenoxy) is 4. The van der Waals surface area contributed by atoms with Gasteiger partial charge in [-0.2, -0.15) is 0 Å². The lowest BCUT2D eigenvalue weighted by atomic mass is 9.88. The summed E-state index contributed by atoms with van der Waals surface area (Å²) in [6, 6.07) is 14.2. The Balaban J connectivity index is 1.17. The number of allylic oxidation sites excluding steroid dienone is 1. The fourth-order valence-electron chi connectivity index (χ4n) is 7.02. The van der Waals surface area contributed by atoms with Crippen molar-refractivity contribution in [2.75, 3.05) is 42.0 Å². The third-order valence-electron chi connectivity index (χ3n) is 9.69. The molecule has 0 saturated heterocycles. The molecule has 0 radical (unpaired) electrons. The number of likely N-dealkylation sites (N-methyl/N-ethyl adjacent to an activating group) is 2. The first-order chi connectivity index (χ1) is 22.1. The lowest BCUT2D eigenvalue weighted by molar-refractivity contribution is -0.0928. The molecule has 2 heterocycles. The highest BCUT2D eigenvalue weighted by Crippen LogP contribution is 2.47. The lowest BCUT2D eigenvalue weighted by Crippen LogP contribution is -2.38. The van der Waals surface area contributed by atoms with E-state index in [0.717, 1.165) is 53.7 Å². The molecule has 0 bridgehead atoms. The number of hydrogen-bond donors (Lipinski definition) is 2. The van der Waals surface area contributed by atoms with Crippen molar-refractivity contribution in [3.05, 3.63) is 98.6 Å². The number of phenols is 1. The smallest absolute Gasteiger partial charge is 0.231 e. The zero-order valence-electron chi connectivity index (χ0n) is 27.2. The van der Waals surface area contributed by atoms with Crippen molar-refractivity contribution in [3.63, 3.8) is 0 Å². The maximum atomic E-state index is 11.6. The number of para-hydroxylation sites is 1. The van der Waals surface area contributed by atoms with Crippen LogP contribution in [0.2, 0.25) is 0 Å². The van der Waals surface area contributed by atoms with E-state index in [4.69, 9.17) is 18.9 Å². The van der Waals surface area contributed by atoms with Crippen LogP contribution in [0.3, 0.4) is 0 Å². The maximum Gasteiger partial charge on any atom is 0.231 e. The summed E-state index contributed by atoms with van der Waals surface area (Å²) in [6.07, 6.45) is 9.55. The molecule has 8 nitrogen and oxygen atoms in total. The van der Waals surface area contributed by atoms with E-state index in [-0.39, 0.29) is 11.8 Å². The number of methoxy groups -OCH3 is 3. The monoisotopic (exact) mass is 690 g/mol. The largest absolute Gasteiger partial charge is 0.504 e. The number of rotatable bonds is 9. The minimum Gasteiger partial charge on any atom is -0.504 e. The highest BCUT2D eigenvalue weighted by Gasteiger charge is 2.34. The van der Waals surface area contributed by atoms with Crippen molar-refractivity contribution in [1.29, 1.82) is 0 Å². The van der Waals surface area contributed by atoms with Gasteiger partial charge in [0.25, 0.3) is 0 Å². The Morgan fingerprint density at radius 3 is 2.39 bits per heavy atom. The highest BCUT2D eigenvalue weighted by atomic mass is 79.9. The third kappa shape index (κ3) is 6.38. The fourth-order valence-corrected chi connectivity index (χ4v) is 7.90. The van der Waals surface area contributed by atoms with Crippen molar-refractivity contribution < 1.29 is 29.2 Å². The number of hydrogen-bond acceptors (Lipinski definition) is 8. The predicted octanol–water partition coefficient (Wildman–Crippen LogP) is 6.35. The third-order valence-corrected chi connectivity index (χ3v) is 10.5. The van der Waals surface area contributed by atoms with Gasteiger partial charge in [0.2, 0.25) is 5.79 Å². The number of benzene rings is 3. The normalized spacial score (nSPS) is 22.9. The molecule has 6 rings (SSSR count). The van der Waals surface area contributed by atoms with Gasteiger partial charge in [0.1, 0.15) is 5.75 Å². The molecule has 0 aromatic heterocycles. The Hall–Kier alpha value is -3.50. The van der Waals surface area contributed by atoms with E-state index < -0.39 is 5.79 Å². The van der Waals surface area contributed by atoms with Gasteiger partial charge in [-0.05, 0) is 114 Å². The highest BCUT2D eigenvalue weighted by molar-refractivity contribution is 9.10. The van der Waals surface area contributed by atoms with Gasteiger partial charge >= 0.3 is 0 Å². The summed E-state index contributed by atoms with van der Waals surface area (Å²) in [6.45, 7) is 1.68. The second kappa shape index (κ2) is 13.3. The lowest BCUT2D eigenvalue weighted by Gasteiger charge is -2.37. The summed E-state index contributed by atoms with van der Waals surface area (Å²) in [5.74, 6) is 1.33. The number of nitrogens with zero attached hydrogens (tertiary/aromatic N) is 2. The van der Waals surface area contributed by atoms with Crippen molar-refractivity contribution in [2.24, 2.45) is 0 Å². The van der Waals surface area contributed by atoms with E-state index in [1.807, 2.05) is 36.4 Å².